The quantitative estimate of drug-likeness (QED) is 0.498. The predicted molar refractivity (Wildman–Crippen MR) is 84.1 cm³/mol. The largest absolute Gasteiger partial charge is 0.376 e. The molecule has 1 unspecified atom stereocenters. The molecule has 1 fully saturated rings. The molecular formula is C14H16Cl2FN3O2. The van der Waals surface area contributed by atoms with E-state index in [4.69, 9.17) is 27.9 Å². The highest BCUT2D eigenvalue weighted by atomic mass is 35.5. The molecule has 1 heterocycles. The van der Waals surface area contributed by atoms with Crippen LogP contribution >= 0.6 is 23.2 Å². The van der Waals surface area contributed by atoms with Gasteiger partial charge in [0.05, 0.1) is 21.9 Å². The van der Waals surface area contributed by atoms with Crippen LogP contribution in [0.15, 0.2) is 17.2 Å². The maximum absolute atomic E-state index is 13.5. The van der Waals surface area contributed by atoms with Gasteiger partial charge >= 0.3 is 6.03 Å². The second-order valence-corrected chi connectivity index (χ2v) is 5.71. The highest BCUT2D eigenvalue weighted by molar-refractivity contribution is 6.37. The number of urea groups is 1. The first-order valence-corrected chi connectivity index (χ1v) is 7.57. The topological polar surface area (TPSA) is 62.7 Å². The lowest BCUT2D eigenvalue weighted by Gasteiger charge is -2.10. The lowest BCUT2D eigenvalue weighted by molar-refractivity contribution is 0.111. The number of benzene rings is 1. The van der Waals surface area contributed by atoms with Gasteiger partial charge < -0.3 is 10.1 Å². The monoisotopic (exact) mass is 347 g/mol. The number of nitrogens with zero attached hydrogens (tertiary/aromatic N) is 1. The van der Waals surface area contributed by atoms with Gasteiger partial charge in [-0.1, -0.05) is 23.2 Å². The van der Waals surface area contributed by atoms with Crippen molar-refractivity contribution < 1.29 is 13.9 Å². The molecule has 0 spiro atoms. The van der Waals surface area contributed by atoms with Crippen LogP contribution in [0.1, 0.15) is 25.3 Å². The van der Waals surface area contributed by atoms with Crippen LogP contribution in [0.2, 0.25) is 10.0 Å². The number of ether oxygens (including phenoxy) is 1. The molecule has 0 bridgehead atoms. The number of nitrogens with one attached hydrogen (secondary N) is 2. The van der Waals surface area contributed by atoms with Crippen LogP contribution in [-0.2, 0) is 4.74 Å². The lowest BCUT2D eigenvalue weighted by Crippen LogP contribution is -2.37. The van der Waals surface area contributed by atoms with E-state index in [1.807, 2.05) is 0 Å². The first kappa shape index (κ1) is 17.0. The molecule has 120 valence electrons. The van der Waals surface area contributed by atoms with Crippen molar-refractivity contribution in [3.05, 3.63) is 33.6 Å². The molecule has 1 aliphatic heterocycles. The fourth-order valence-electron chi connectivity index (χ4n) is 2.05. The zero-order valence-corrected chi connectivity index (χ0v) is 13.5. The molecule has 1 aromatic rings. The van der Waals surface area contributed by atoms with E-state index in [9.17, 15) is 9.18 Å². The van der Waals surface area contributed by atoms with Crippen LogP contribution in [0.3, 0.4) is 0 Å². The highest BCUT2D eigenvalue weighted by Crippen LogP contribution is 2.24. The summed E-state index contributed by atoms with van der Waals surface area (Å²) in [7, 11) is 0. The van der Waals surface area contributed by atoms with Gasteiger partial charge in [-0.3, -0.25) is 0 Å². The molecule has 0 aliphatic carbocycles. The summed E-state index contributed by atoms with van der Waals surface area (Å²) in [5, 5.41) is 6.74. The van der Waals surface area contributed by atoms with Crippen LogP contribution in [0, 0.1) is 5.82 Å². The van der Waals surface area contributed by atoms with Gasteiger partial charge in [-0.2, -0.15) is 5.10 Å². The Kier molecular flexibility index (Phi) is 5.99. The van der Waals surface area contributed by atoms with Gasteiger partial charge in [0.2, 0.25) is 0 Å². The molecule has 22 heavy (non-hydrogen) atoms. The van der Waals surface area contributed by atoms with Crippen LogP contribution < -0.4 is 10.7 Å². The van der Waals surface area contributed by atoms with Crippen molar-refractivity contribution in [3.8, 4) is 0 Å². The number of amides is 2. The smallest absolute Gasteiger partial charge is 0.335 e. The van der Waals surface area contributed by atoms with Gasteiger partial charge in [0.15, 0.2) is 0 Å². The molecule has 0 saturated carbocycles. The van der Waals surface area contributed by atoms with E-state index in [0.717, 1.165) is 19.4 Å². The summed E-state index contributed by atoms with van der Waals surface area (Å²) in [6.07, 6.45) is 1.99. The highest BCUT2D eigenvalue weighted by Gasteiger charge is 2.16. The number of hydrogen-bond acceptors (Lipinski definition) is 3. The molecule has 1 saturated heterocycles. The fourth-order valence-corrected chi connectivity index (χ4v) is 2.57. The van der Waals surface area contributed by atoms with Crippen molar-refractivity contribution in [1.29, 1.82) is 0 Å². The Bertz CT molecular complexity index is 590. The first-order chi connectivity index (χ1) is 10.5. The van der Waals surface area contributed by atoms with E-state index in [1.165, 1.54) is 12.1 Å². The summed E-state index contributed by atoms with van der Waals surface area (Å²) in [6.45, 7) is 2.76. The van der Waals surface area contributed by atoms with E-state index in [-0.39, 0.29) is 16.1 Å². The fraction of sp³-hybridized carbons (Fsp3) is 0.429. The van der Waals surface area contributed by atoms with Crippen molar-refractivity contribution in [3.63, 3.8) is 0 Å². The molecule has 1 aromatic carbocycles. The van der Waals surface area contributed by atoms with Gasteiger partial charge in [0, 0.05) is 18.7 Å². The summed E-state index contributed by atoms with van der Waals surface area (Å²) in [5.41, 5.74) is 3.07. The maximum atomic E-state index is 13.5. The molecule has 1 atom stereocenters. The molecule has 1 aliphatic rings. The van der Waals surface area contributed by atoms with E-state index in [1.54, 1.807) is 6.92 Å². The third kappa shape index (κ3) is 4.56. The van der Waals surface area contributed by atoms with Crippen molar-refractivity contribution in [1.82, 2.24) is 10.7 Å². The zero-order chi connectivity index (χ0) is 16.1. The Morgan fingerprint density at radius 3 is 2.91 bits per heavy atom. The molecule has 8 heteroatoms. The van der Waals surface area contributed by atoms with Gasteiger partial charge in [-0.15, -0.1) is 0 Å². The second-order valence-electron chi connectivity index (χ2n) is 4.90. The Labute approximate surface area is 137 Å². The van der Waals surface area contributed by atoms with E-state index in [2.05, 4.69) is 15.8 Å². The zero-order valence-electron chi connectivity index (χ0n) is 12.0. The maximum Gasteiger partial charge on any atom is 0.335 e. The summed E-state index contributed by atoms with van der Waals surface area (Å²) < 4.78 is 18.8. The number of carbonyl (C=O) groups excluding carboxylic acids is 1. The van der Waals surface area contributed by atoms with Gasteiger partial charge in [-0.25, -0.2) is 14.6 Å². The van der Waals surface area contributed by atoms with Gasteiger partial charge in [0.1, 0.15) is 5.82 Å². The molecule has 5 nitrogen and oxygen atoms in total. The average Bonchev–Trinajstić information content (AvgIpc) is 2.99. The normalized spacial score (nSPS) is 18.4. The third-order valence-corrected chi connectivity index (χ3v) is 3.84. The Hall–Kier alpha value is -1.37. The minimum Gasteiger partial charge on any atom is -0.376 e. The Morgan fingerprint density at radius 2 is 2.23 bits per heavy atom. The lowest BCUT2D eigenvalue weighted by atomic mass is 10.1. The molecular weight excluding hydrogens is 332 g/mol. The van der Waals surface area contributed by atoms with E-state index in [0.29, 0.717) is 17.8 Å². The minimum absolute atomic E-state index is 0.0515. The summed E-state index contributed by atoms with van der Waals surface area (Å²) >= 11 is 11.6. The van der Waals surface area contributed by atoms with Crippen LogP contribution in [0.4, 0.5) is 9.18 Å². The molecule has 2 rings (SSSR count). The standard InChI is InChI=1S/C14H16Cl2FN3O2/c1-8(10-5-13(17)12(16)6-11(10)15)19-20-14(21)18-7-9-3-2-4-22-9/h5-6,9H,2-4,7H2,1H3,(H2,18,20,21). The summed E-state index contributed by atoms with van der Waals surface area (Å²) in [5.74, 6) is -0.599. The SMILES string of the molecule is CC(=NNC(=O)NCC1CCCO1)c1cc(F)c(Cl)cc1Cl. The number of rotatable bonds is 4. The molecule has 2 N–H and O–H groups in total. The molecule has 0 radical (unpaired) electrons. The third-order valence-electron chi connectivity index (χ3n) is 3.24. The van der Waals surface area contributed by atoms with Crippen molar-refractivity contribution >= 4 is 34.9 Å². The van der Waals surface area contributed by atoms with Gasteiger partial charge in [-0.05, 0) is 31.9 Å². The van der Waals surface area contributed by atoms with Crippen molar-refractivity contribution in [2.45, 2.75) is 25.9 Å². The summed E-state index contributed by atoms with van der Waals surface area (Å²) in [4.78, 5) is 11.6. The number of carbonyl (C=O) groups is 1. The van der Waals surface area contributed by atoms with Crippen molar-refractivity contribution in [2.75, 3.05) is 13.2 Å². The van der Waals surface area contributed by atoms with E-state index >= 15 is 0 Å². The van der Waals surface area contributed by atoms with Crippen LogP contribution in [0.25, 0.3) is 0 Å². The number of hydrazone groups is 1. The van der Waals surface area contributed by atoms with Crippen LogP contribution in [-0.4, -0.2) is 31.0 Å². The molecule has 0 aromatic heterocycles. The van der Waals surface area contributed by atoms with E-state index < -0.39 is 11.8 Å². The van der Waals surface area contributed by atoms with Crippen LogP contribution in [0.5, 0.6) is 0 Å². The number of halogens is 3. The predicted octanol–water partition coefficient (Wildman–Crippen LogP) is 3.33. The number of hydrogen-bond donors (Lipinski definition) is 2. The average molecular weight is 348 g/mol. The first-order valence-electron chi connectivity index (χ1n) is 6.82. The van der Waals surface area contributed by atoms with Gasteiger partial charge in [0.25, 0.3) is 0 Å². The van der Waals surface area contributed by atoms with Crippen molar-refractivity contribution in [2.24, 2.45) is 5.10 Å². The summed E-state index contributed by atoms with van der Waals surface area (Å²) in [6, 6.07) is 2.01. The Morgan fingerprint density at radius 1 is 1.45 bits per heavy atom. The second kappa shape index (κ2) is 7.76. The minimum atomic E-state index is -0.599. The molecule has 2 amide bonds. The Balaban J connectivity index is 1.91.